The summed E-state index contributed by atoms with van der Waals surface area (Å²) in [6, 6.07) is 20.3. The monoisotopic (exact) mass is 583 g/mol. The van der Waals surface area contributed by atoms with Gasteiger partial charge in [-0.2, -0.15) is 0 Å². The van der Waals surface area contributed by atoms with E-state index in [1.54, 1.807) is 36.4 Å². The third kappa shape index (κ3) is 9.31. The van der Waals surface area contributed by atoms with Crippen molar-refractivity contribution in [1.82, 2.24) is 10.2 Å². The van der Waals surface area contributed by atoms with Crippen LogP contribution in [-0.4, -0.2) is 56.6 Å². The van der Waals surface area contributed by atoms with Gasteiger partial charge in [-0.25, -0.2) is 12.8 Å². The molecule has 0 fully saturated rings. The number of nitrogens with one attached hydrogen (secondary N) is 1. The van der Waals surface area contributed by atoms with Crippen molar-refractivity contribution < 1.29 is 27.1 Å². The molecule has 0 saturated heterocycles. The predicted octanol–water partition coefficient (Wildman–Crippen LogP) is 4.55. The molecule has 0 radical (unpaired) electrons. The van der Waals surface area contributed by atoms with Crippen LogP contribution in [-0.2, 0) is 32.6 Å². The number of sulfonamides is 1. The van der Waals surface area contributed by atoms with Crippen LogP contribution in [0.5, 0.6) is 5.75 Å². The normalized spacial score (nSPS) is 12.7. The molecule has 0 aliphatic heterocycles. The Morgan fingerprint density at radius 1 is 0.927 bits per heavy atom. The molecule has 41 heavy (non-hydrogen) atoms. The van der Waals surface area contributed by atoms with Gasteiger partial charge in [0.05, 0.1) is 18.6 Å². The van der Waals surface area contributed by atoms with E-state index in [1.165, 1.54) is 17.0 Å². The molecule has 1 N–H and O–H groups in total. The molecule has 10 heteroatoms. The van der Waals surface area contributed by atoms with E-state index in [1.807, 2.05) is 51.1 Å². The maximum atomic E-state index is 14.0. The lowest BCUT2D eigenvalue weighted by Crippen LogP contribution is -2.54. The van der Waals surface area contributed by atoms with Gasteiger partial charge in [-0.15, -0.1) is 0 Å². The van der Waals surface area contributed by atoms with Gasteiger partial charge in [0.15, 0.2) is 0 Å². The minimum absolute atomic E-state index is 0.0224. The van der Waals surface area contributed by atoms with E-state index in [2.05, 4.69) is 5.32 Å². The van der Waals surface area contributed by atoms with E-state index in [9.17, 15) is 22.4 Å². The molecule has 0 aliphatic rings. The minimum Gasteiger partial charge on any atom is -0.494 e. The number of hydrogen-bond acceptors (Lipinski definition) is 5. The van der Waals surface area contributed by atoms with Gasteiger partial charge in [0.1, 0.15) is 24.2 Å². The van der Waals surface area contributed by atoms with Gasteiger partial charge in [-0.05, 0) is 67.8 Å². The Balaban J connectivity index is 2.03. The predicted molar refractivity (Wildman–Crippen MR) is 159 cm³/mol. The largest absolute Gasteiger partial charge is 0.494 e. The van der Waals surface area contributed by atoms with Crippen molar-refractivity contribution in [2.24, 2.45) is 0 Å². The Labute approximate surface area is 242 Å². The van der Waals surface area contributed by atoms with E-state index >= 15 is 0 Å². The maximum Gasteiger partial charge on any atom is 0.244 e. The summed E-state index contributed by atoms with van der Waals surface area (Å²) in [5.74, 6) is -0.793. The molecule has 0 heterocycles. The third-order valence-corrected chi connectivity index (χ3v) is 7.79. The summed E-state index contributed by atoms with van der Waals surface area (Å²) in [4.78, 5) is 29.1. The highest BCUT2D eigenvalue weighted by atomic mass is 32.2. The topological polar surface area (TPSA) is 96.0 Å². The van der Waals surface area contributed by atoms with Crippen molar-refractivity contribution in [3.63, 3.8) is 0 Å². The molecule has 220 valence electrons. The Morgan fingerprint density at radius 3 is 2.12 bits per heavy atom. The Bertz CT molecular complexity index is 1380. The first-order chi connectivity index (χ1) is 19.5. The molecule has 3 rings (SSSR count). The number of nitrogens with zero attached hydrogens (tertiary/aromatic N) is 2. The van der Waals surface area contributed by atoms with Crippen molar-refractivity contribution in [2.45, 2.75) is 52.2 Å². The summed E-state index contributed by atoms with van der Waals surface area (Å²) in [5.41, 5.74) is 1.72. The summed E-state index contributed by atoms with van der Waals surface area (Å²) < 4.78 is 45.9. The van der Waals surface area contributed by atoms with Gasteiger partial charge in [0.25, 0.3) is 0 Å². The molecule has 0 bridgehead atoms. The fourth-order valence-electron chi connectivity index (χ4n) is 4.27. The number of rotatable bonds is 14. The number of anilines is 1. The smallest absolute Gasteiger partial charge is 0.244 e. The highest BCUT2D eigenvalue weighted by molar-refractivity contribution is 7.92. The molecular weight excluding hydrogens is 545 g/mol. The van der Waals surface area contributed by atoms with Crippen LogP contribution in [0.1, 0.15) is 38.3 Å². The van der Waals surface area contributed by atoms with E-state index in [-0.39, 0.29) is 30.6 Å². The van der Waals surface area contributed by atoms with Crippen molar-refractivity contribution in [2.75, 3.05) is 23.7 Å². The van der Waals surface area contributed by atoms with Gasteiger partial charge in [0.2, 0.25) is 21.8 Å². The van der Waals surface area contributed by atoms with Crippen molar-refractivity contribution in [3.05, 3.63) is 95.8 Å². The molecule has 0 aromatic heterocycles. The van der Waals surface area contributed by atoms with Crippen LogP contribution in [0.2, 0.25) is 0 Å². The molecule has 0 spiro atoms. The van der Waals surface area contributed by atoms with Gasteiger partial charge >= 0.3 is 0 Å². The van der Waals surface area contributed by atoms with Crippen LogP contribution in [0.25, 0.3) is 0 Å². The van der Waals surface area contributed by atoms with Gasteiger partial charge < -0.3 is 15.0 Å². The number of ether oxygens (including phenoxy) is 1. The first-order valence-electron chi connectivity index (χ1n) is 13.6. The van der Waals surface area contributed by atoms with Crippen LogP contribution in [0.15, 0.2) is 78.9 Å². The number of hydrogen-bond donors (Lipinski definition) is 1. The van der Waals surface area contributed by atoms with Crippen molar-refractivity contribution in [3.8, 4) is 5.75 Å². The second-order valence-electron chi connectivity index (χ2n) is 9.87. The number of carbonyl (C=O) groups is 2. The lowest BCUT2D eigenvalue weighted by atomic mass is 10.0. The maximum absolute atomic E-state index is 14.0. The quantitative estimate of drug-likeness (QED) is 0.301. The van der Waals surface area contributed by atoms with Gasteiger partial charge in [-0.1, -0.05) is 49.4 Å². The molecule has 2 atom stereocenters. The SMILES string of the molecule is CCOc1ccc(N(CC(=O)N(Cc2ccc(F)cc2)[C@H](Cc2ccccc2)C(=O)N[C@H](C)CC)S(C)(=O)=O)cc1. The number of benzene rings is 3. The molecule has 2 amide bonds. The zero-order valence-electron chi connectivity index (χ0n) is 23.9. The lowest BCUT2D eigenvalue weighted by molar-refractivity contribution is -0.140. The fraction of sp³-hybridized carbons (Fsp3) is 0.355. The molecule has 8 nitrogen and oxygen atoms in total. The van der Waals surface area contributed by atoms with Crippen molar-refractivity contribution in [1.29, 1.82) is 0 Å². The average Bonchev–Trinajstić information content (AvgIpc) is 2.95. The number of carbonyl (C=O) groups excluding carboxylic acids is 2. The lowest BCUT2D eigenvalue weighted by Gasteiger charge is -2.34. The molecule has 0 aliphatic carbocycles. The summed E-state index contributed by atoms with van der Waals surface area (Å²) in [6.45, 7) is 5.56. The third-order valence-electron chi connectivity index (χ3n) is 6.65. The highest BCUT2D eigenvalue weighted by Crippen LogP contribution is 2.23. The number of halogens is 1. The first kappa shape index (κ1) is 31.6. The molecule has 0 unspecified atom stereocenters. The van der Waals surface area contributed by atoms with E-state index in [0.29, 0.717) is 24.3 Å². The molecule has 3 aromatic carbocycles. The molecule has 3 aromatic rings. The van der Waals surface area contributed by atoms with Crippen LogP contribution < -0.4 is 14.4 Å². The first-order valence-corrected chi connectivity index (χ1v) is 15.4. The van der Waals surface area contributed by atoms with Gasteiger partial charge in [-0.3, -0.25) is 13.9 Å². The fourth-order valence-corrected chi connectivity index (χ4v) is 5.12. The Hall–Kier alpha value is -3.92. The average molecular weight is 584 g/mol. The second-order valence-corrected chi connectivity index (χ2v) is 11.8. The summed E-state index contributed by atoms with van der Waals surface area (Å²) >= 11 is 0. The van der Waals surface area contributed by atoms with E-state index in [4.69, 9.17) is 4.74 Å². The zero-order chi connectivity index (χ0) is 30.0. The Morgan fingerprint density at radius 2 is 1.56 bits per heavy atom. The second kappa shape index (κ2) is 14.6. The van der Waals surface area contributed by atoms with Crippen LogP contribution in [0.4, 0.5) is 10.1 Å². The van der Waals surface area contributed by atoms with E-state index in [0.717, 1.165) is 16.1 Å². The van der Waals surface area contributed by atoms with E-state index < -0.39 is 34.3 Å². The highest BCUT2D eigenvalue weighted by Gasteiger charge is 2.33. The van der Waals surface area contributed by atoms with Gasteiger partial charge in [0, 0.05) is 19.0 Å². The summed E-state index contributed by atoms with van der Waals surface area (Å²) in [5, 5.41) is 2.97. The summed E-state index contributed by atoms with van der Waals surface area (Å²) in [7, 11) is -3.88. The number of amides is 2. The Kier molecular flexibility index (Phi) is 11.3. The minimum atomic E-state index is -3.88. The van der Waals surface area contributed by atoms with Crippen LogP contribution >= 0.6 is 0 Å². The van der Waals surface area contributed by atoms with Crippen LogP contribution in [0.3, 0.4) is 0 Å². The van der Waals surface area contributed by atoms with Crippen molar-refractivity contribution >= 4 is 27.5 Å². The zero-order valence-corrected chi connectivity index (χ0v) is 24.7. The van der Waals surface area contributed by atoms with Crippen LogP contribution in [0, 0.1) is 5.82 Å². The molecule has 0 saturated carbocycles. The molecular formula is C31H38FN3O5S. The standard InChI is InChI=1S/C31H38FN3O5S/c1-5-23(3)33-31(37)29(20-24-10-8-7-9-11-24)34(21-25-12-14-26(32)15-13-25)30(36)22-35(41(4,38)39)27-16-18-28(19-17-27)40-6-2/h7-19,23,29H,5-6,20-22H2,1-4H3,(H,33,37)/t23-,29-/m1/s1. The summed E-state index contributed by atoms with van der Waals surface area (Å²) in [6.07, 6.45) is 1.92.